The molecule has 0 unspecified atom stereocenters. The maximum absolute atomic E-state index is 12.2. The van der Waals surface area contributed by atoms with Crippen LogP contribution in [-0.2, 0) is 0 Å². The molecule has 1 aromatic rings. The average Bonchev–Trinajstić information content (AvgIpc) is 2.13. The number of benzene rings is 1. The number of rotatable bonds is 2. The zero-order valence-electron chi connectivity index (χ0n) is 8.76. The highest BCUT2D eigenvalue weighted by molar-refractivity contribution is 5.51. The van der Waals surface area contributed by atoms with Crippen LogP contribution in [0.4, 0.5) is 26.3 Å². The fraction of sp³-hybridized carbons (Fsp3) is 0.273. The van der Waals surface area contributed by atoms with Crippen molar-refractivity contribution in [2.24, 2.45) is 5.92 Å². The van der Waals surface area contributed by atoms with Crippen LogP contribution in [0.3, 0.4) is 0 Å². The van der Waals surface area contributed by atoms with Crippen molar-refractivity contribution in [3.8, 4) is 0 Å². The summed E-state index contributed by atoms with van der Waals surface area (Å²) >= 11 is 0. The fourth-order valence-electron chi connectivity index (χ4n) is 1.32. The van der Waals surface area contributed by atoms with E-state index in [4.69, 9.17) is 5.11 Å². The van der Waals surface area contributed by atoms with Gasteiger partial charge in [0, 0.05) is 0 Å². The summed E-state index contributed by atoms with van der Waals surface area (Å²) in [5, 5.41) is 9.05. The normalized spacial score (nSPS) is 14.1. The standard InChI is InChI=1S/C11H8F6O/c12-10(13,14)9(11(15,16)17)8(18)6-7-4-2-1-3-5-7/h1-6,9,18H. The molecule has 0 amide bonds. The zero-order chi connectivity index (χ0) is 14.0. The molecule has 0 fully saturated rings. The number of allylic oxidation sites excluding steroid dienone is 1. The van der Waals surface area contributed by atoms with Gasteiger partial charge in [0.15, 0.2) is 0 Å². The molecule has 1 nitrogen and oxygen atoms in total. The highest BCUT2D eigenvalue weighted by Gasteiger charge is 2.59. The Morgan fingerprint density at radius 2 is 1.39 bits per heavy atom. The quantitative estimate of drug-likeness (QED) is 0.626. The van der Waals surface area contributed by atoms with Crippen molar-refractivity contribution in [3.05, 3.63) is 41.7 Å². The van der Waals surface area contributed by atoms with E-state index < -0.39 is 24.0 Å². The van der Waals surface area contributed by atoms with Gasteiger partial charge in [-0.3, -0.25) is 0 Å². The second kappa shape index (κ2) is 4.91. The van der Waals surface area contributed by atoms with Gasteiger partial charge in [0.1, 0.15) is 5.76 Å². The van der Waals surface area contributed by atoms with E-state index in [1.165, 1.54) is 24.3 Å². The summed E-state index contributed by atoms with van der Waals surface area (Å²) in [4.78, 5) is 0. The lowest BCUT2D eigenvalue weighted by Gasteiger charge is -2.22. The summed E-state index contributed by atoms with van der Waals surface area (Å²) in [6, 6.07) is 6.95. The zero-order valence-corrected chi connectivity index (χ0v) is 8.76. The minimum Gasteiger partial charge on any atom is -0.511 e. The number of aliphatic hydroxyl groups excluding tert-OH is 1. The lowest BCUT2D eigenvalue weighted by molar-refractivity contribution is -0.277. The van der Waals surface area contributed by atoms with Gasteiger partial charge in [0.05, 0.1) is 0 Å². The van der Waals surface area contributed by atoms with Gasteiger partial charge in [0.2, 0.25) is 5.92 Å². The molecule has 1 rings (SSSR count). The first-order valence-corrected chi connectivity index (χ1v) is 4.71. The van der Waals surface area contributed by atoms with Crippen LogP contribution in [0, 0.1) is 5.92 Å². The molecule has 1 aromatic carbocycles. The average molecular weight is 270 g/mol. The number of halogens is 6. The van der Waals surface area contributed by atoms with Crippen molar-refractivity contribution < 1.29 is 31.4 Å². The molecule has 0 bridgehead atoms. The molecule has 18 heavy (non-hydrogen) atoms. The third-order valence-corrected chi connectivity index (χ3v) is 2.06. The van der Waals surface area contributed by atoms with E-state index in [2.05, 4.69) is 0 Å². The largest absolute Gasteiger partial charge is 0.511 e. The summed E-state index contributed by atoms with van der Waals surface area (Å²) in [6.07, 6.45) is -10.7. The molecular formula is C11H8F6O. The van der Waals surface area contributed by atoms with Crippen LogP contribution >= 0.6 is 0 Å². The molecular weight excluding hydrogens is 262 g/mol. The van der Waals surface area contributed by atoms with Crippen molar-refractivity contribution in [2.45, 2.75) is 12.4 Å². The van der Waals surface area contributed by atoms with Crippen LogP contribution in [0.1, 0.15) is 5.56 Å². The van der Waals surface area contributed by atoms with E-state index in [-0.39, 0.29) is 5.56 Å². The van der Waals surface area contributed by atoms with Crippen LogP contribution in [0.25, 0.3) is 6.08 Å². The van der Waals surface area contributed by atoms with Crippen molar-refractivity contribution in [1.29, 1.82) is 0 Å². The first-order valence-electron chi connectivity index (χ1n) is 4.71. The van der Waals surface area contributed by atoms with Gasteiger partial charge in [-0.2, -0.15) is 26.3 Å². The minimum atomic E-state index is -5.59. The molecule has 100 valence electrons. The monoisotopic (exact) mass is 270 g/mol. The smallest absolute Gasteiger partial charge is 0.407 e. The Morgan fingerprint density at radius 1 is 0.944 bits per heavy atom. The van der Waals surface area contributed by atoms with Gasteiger partial charge in [-0.15, -0.1) is 0 Å². The summed E-state index contributed by atoms with van der Waals surface area (Å²) in [7, 11) is 0. The van der Waals surface area contributed by atoms with Crippen LogP contribution in [-0.4, -0.2) is 17.5 Å². The molecule has 0 aliphatic rings. The summed E-state index contributed by atoms with van der Waals surface area (Å²) < 4.78 is 73.5. The first-order chi connectivity index (χ1) is 8.12. The summed E-state index contributed by atoms with van der Waals surface area (Å²) in [6.45, 7) is 0. The van der Waals surface area contributed by atoms with E-state index >= 15 is 0 Å². The molecule has 0 heterocycles. The van der Waals surface area contributed by atoms with Crippen LogP contribution in [0.5, 0.6) is 0 Å². The molecule has 0 saturated heterocycles. The Kier molecular flexibility index (Phi) is 3.93. The Labute approximate surface area is 98.4 Å². The first kappa shape index (κ1) is 14.4. The second-order valence-corrected chi connectivity index (χ2v) is 3.50. The molecule has 0 aliphatic carbocycles. The fourth-order valence-corrected chi connectivity index (χ4v) is 1.32. The maximum atomic E-state index is 12.2. The Bertz CT molecular complexity index is 403. The predicted octanol–water partition coefficient (Wildman–Crippen LogP) is 4.33. The highest BCUT2D eigenvalue weighted by atomic mass is 19.4. The topological polar surface area (TPSA) is 20.2 Å². The van der Waals surface area contributed by atoms with Crippen molar-refractivity contribution in [2.75, 3.05) is 0 Å². The van der Waals surface area contributed by atoms with Crippen molar-refractivity contribution in [3.63, 3.8) is 0 Å². The SMILES string of the molecule is OC(=Cc1ccccc1)C(C(F)(F)F)C(F)(F)F. The van der Waals surface area contributed by atoms with Gasteiger partial charge < -0.3 is 5.11 Å². The van der Waals surface area contributed by atoms with Crippen LogP contribution in [0.15, 0.2) is 36.1 Å². The Morgan fingerprint density at radius 3 is 1.78 bits per heavy atom. The summed E-state index contributed by atoms with van der Waals surface area (Å²) in [5.41, 5.74) is 0.0495. The van der Waals surface area contributed by atoms with Crippen molar-refractivity contribution >= 4 is 6.08 Å². The lowest BCUT2D eigenvalue weighted by atomic mass is 10.0. The lowest BCUT2D eigenvalue weighted by Crippen LogP contribution is -2.37. The second-order valence-electron chi connectivity index (χ2n) is 3.50. The molecule has 0 atom stereocenters. The Balaban J connectivity index is 3.12. The van der Waals surface area contributed by atoms with Gasteiger partial charge >= 0.3 is 12.4 Å². The number of hydrogen-bond acceptors (Lipinski definition) is 1. The number of aliphatic hydroxyl groups is 1. The maximum Gasteiger partial charge on any atom is 0.407 e. The van der Waals surface area contributed by atoms with Gasteiger partial charge in [-0.1, -0.05) is 30.3 Å². The highest BCUT2D eigenvalue weighted by Crippen LogP contribution is 2.43. The van der Waals surface area contributed by atoms with Gasteiger partial charge in [-0.05, 0) is 11.6 Å². The van der Waals surface area contributed by atoms with E-state index in [9.17, 15) is 26.3 Å². The van der Waals surface area contributed by atoms with E-state index in [0.29, 0.717) is 6.08 Å². The van der Waals surface area contributed by atoms with E-state index in [0.717, 1.165) is 0 Å². The molecule has 1 N–H and O–H groups in total. The molecule has 0 spiro atoms. The summed E-state index contributed by atoms with van der Waals surface area (Å²) in [5.74, 6) is -5.65. The van der Waals surface area contributed by atoms with E-state index in [1.807, 2.05) is 0 Å². The van der Waals surface area contributed by atoms with Crippen LogP contribution < -0.4 is 0 Å². The number of alkyl halides is 6. The molecule has 0 aromatic heterocycles. The minimum absolute atomic E-state index is 0.0495. The third-order valence-electron chi connectivity index (χ3n) is 2.06. The molecule has 0 radical (unpaired) electrons. The number of hydrogen-bond donors (Lipinski definition) is 1. The van der Waals surface area contributed by atoms with Crippen molar-refractivity contribution in [1.82, 2.24) is 0 Å². The predicted molar refractivity (Wildman–Crippen MR) is 52.6 cm³/mol. The van der Waals surface area contributed by atoms with Gasteiger partial charge in [-0.25, -0.2) is 0 Å². The Hall–Kier alpha value is -1.66. The molecule has 7 heteroatoms. The van der Waals surface area contributed by atoms with Gasteiger partial charge in [0.25, 0.3) is 0 Å². The van der Waals surface area contributed by atoms with Crippen LogP contribution in [0.2, 0.25) is 0 Å². The molecule has 0 aliphatic heterocycles. The van der Waals surface area contributed by atoms with E-state index in [1.54, 1.807) is 6.07 Å². The molecule has 0 saturated carbocycles. The third kappa shape index (κ3) is 3.68.